The zero-order chi connectivity index (χ0) is 11.1. The number of nitrogens with one attached hydrogen (secondary N) is 1. The second kappa shape index (κ2) is 8.34. The molecule has 16 heavy (non-hydrogen) atoms. The highest BCUT2D eigenvalue weighted by Crippen LogP contribution is 2.07. The first-order valence-corrected chi connectivity index (χ1v) is 5.45. The molecule has 1 aromatic rings. The minimum absolute atomic E-state index is 0. The van der Waals surface area contributed by atoms with Crippen LogP contribution < -0.4 is 16.8 Å². The molecule has 90 valence electrons. The number of hydrogen-bond donors (Lipinski definition) is 3. The van der Waals surface area contributed by atoms with Crippen LogP contribution in [0.1, 0.15) is 16.1 Å². The van der Waals surface area contributed by atoms with Gasteiger partial charge in [-0.2, -0.15) is 0 Å². The molecular formula is C9H15IN4OS. The molecule has 0 fully saturated rings. The molecule has 0 bridgehead atoms. The van der Waals surface area contributed by atoms with Crippen molar-refractivity contribution < 1.29 is 4.79 Å². The summed E-state index contributed by atoms with van der Waals surface area (Å²) in [7, 11) is 0. The first kappa shape index (κ1) is 15.2. The molecule has 1 rings (SSSR count). The average molecular weight is 354 g/mol. The summed E-state index contributed by atoms with van der Waals surface area (Å²) < 4.78 is 0. The third-order valence-corrected chi connectivity index (χ3v) is 2.53. The van der Waals surface area contributed by atoms with E-state index in [1.54, 1.807) is 6.07 Å². The van der Waals surface area contributed by atoms with Gasteiger partial charge in [0.05, 0.1) is 4.88 Å². The summed E-state index contributed by atoms with van der Waals surface area (Å²) >= 11 is 1.42. The van der Waals surface area contributed by atoms with E-state index in [-0.39, 0.29) is 35.8 Å². The van der Waals surface area contributed by atoms with Crippen LogP contribution in [0.4, 0.5) is 0 Å². The molecule has 0 aliphatic rings. The smallest absolute Gasteiger partial charge is 0.261 e. The van der Waals surface area contributed by atoms with Gasteiger partial charge in [0.15, 0.2) is 5.96 Å². The molecule has 1 amide bonds. The van der Waals surface area contributed by atoms with Crippen molar-refractivity contribution in [2.45, 2.75) is 6.42 Å². The fourth-order valence-corrected chi connectivity index (χ4v) is 1.62. The van der Waals surface area contributed by atoms with Gasteiger partial charge in [0.25, 0.3) is 5.91 Å². The van der Waals surface area contributed by atoms with E-state index in [1.807, 2.05) is 11.4 Å². The second-order valence-electron chi connectivity index (χ2n) is 2.89. The van der Waals surface area contributed by atoms with Crippen LogP contribution in [0.5, 0.6) is 0 Å². The zero-order valence-corrected chi connectivity index (χ0v) is 11.8. The van der Waals surface area contributed by atoms with Crippen molar-refractivity contribution in [3.63, 3.8) is 0 Å². The number of nitrogens with two attached hydrogens (primary N) is 2. The molecule has 0 aliphatic heterocycles. The van der Waals surface area contributed by atoms with E-state index in [0.29, 0.717) is 13.1 Å². The predicted octanol–water partition coefficient (Wildman–Crippen LogP) is 0.759. The van der Waals surface area contributed by atoms with E-state index in [1.165, 1.54) is 11.3 Å². The molecule has 0 saturated heterocycles. The number of carbonyl (C=O) groups excluding carboxylic acids is 1. The summed E-state index contributed by atoms with van der Waals surface area (Å²) in [5.74, 6) is 0.0364. The summed E-state index contributed by atoms with van der Waals surface area (Å²) in [4.78, 5) is 15.9. The molecule has 0 radical (unpaired) electrons. The lowest BCUT2D eigenvalue weighted by Gasteiger charge is -2.01. The molecule has 0 aliphatic carbocycles. The summed E-state index contributed by atoms with van der Waals surface area (Å²) in [6.45, 7) is 1.11. The summed E-state index contributed by atoms with van der Waals surface area (Å²) in [5, 5.41) is 4.65. The molecular weight excluding hydrogens is 339 g/mol. The van der Waals surface area contributed by atoms with Crippen LogP contribution in [-0.4, -0.2) is 25.0 Å². The number of carbonyl (C=O) groups is 1. The van der Waals surface area contributed by atoms with Gasteiger partial charge in [-0.3, -0.25) is 9.79 Å². The molecule has 0 spiro atoms. The van der Waals surface area contributed by atoms with Crippen LogP contribution in [0, 0.1) is 0 Å². The number of nitrogens with zero attached hydrogens (tertiary/aromatic N) is 1. The molecule has 1 heterocycles. The Bertz CT molecular complexity index is 335. The molecule has 0 aromatic carbocycles. The van der Waals surface area contributed by atoms with Crippen molar-refractivity contribution >= 4 is 47.2 Å². The van der Waals surface area contributed by atoms with Crippen LogP contribution in [0.3, 0.4) is 0 Å². The van der Waals surface area contributed by atoms with Crippen LogP contribution in [0.25, 0.3) is 0 Å². The summed E-state index contributed by atoms with van der Waals surface area (Å²) in [6.07, 6.45) is 0.731. The van der Waals surface area contributed by atoms with Gasteiger partial charge in [0, 0.05) is 13.1 Å². The van der Waals surface area contributed by atoms with Gasteiger partial charge in [-0.25, -0.2) is 0 Å². The Hall–Kier alpha value is -0.830. The zero-order valence-electron chi connectivity index (χ0n) is 8.68. The van der Waals surface area contributed by atoms with Gasteiger partial charge in [-0.15, -0.1) is 35.3 Å². The fourth-order valence-electron chi connectivity index (χ4n) is 0.984. The van der Waals surface area contributed by atoms with Gasteiger partial charge in [-0.05, 0) is 17.9 Å². The minimum atomic E-state index is -0.0466. The largest absolute Gasteiger partial charge is 0.370 e. The van der Waals surface area contributed by atoms with Crippen LogP contribution in [0.2, 0.25) is 0 Å². The van der Waals surface area contributed by atoms with Crippen molar-refractivity contribution in [3.05, 3.63) is 22.4 Å². The fraction of sp³-hybridized carbons (Fsp3) is 0.333. The number of aliphatic imine (C=N–C) groups is 1. The maximum atomic E-state index is 11.4. The number of rotatable bonds is 5. The van der Waals surface area contributed by atoms with E-state index < -0.39 is 0 Å². The Morgan fingerprint density at radius 2 is 2.25 bits per heavy atom. The number of hydrogen-bond acceptors (Lipinski definition) is 3. The van der Waals surface area contributed by atoms with Gasteiger partial charge < -0.3 is 16.8 Å². The van der Waals surface area contributed by atoms with Crippen LogP contribution in [-0.2, 0) is 0 Å². The van der Waals surface area contributed by atoms with Crippen LogP contribution in [0.15, 0.2) is 22.5 Å². The number of amides is 1. The summed E-state index contributed by atoms with van der Waals surface area (Å²) in [6, 6.07) is 3.63. The van der Waals surface area contributed by atoms with Crippen molar-refractivity contribution in [1.29, 1.82) is 0 Å². The Morgan fingerprint density at radius 1 is 1.50 bits per heavy atom. The standard InChI is InChI=1S/C9H14N4OS.HI/c10-9(11)13-5-2-4-12-8(14)7-3-1-6-15-7;/h1,3,6H,2,4-5H2,(H,12,14)(H4,10,11,13);1H. The first-order valence-electron chi connectivity index (χ1n) is 4.57. The maximum Gasteiger partial charge on any atom is 0.261 e. The van der Waals surface area contributed by atoms with Crippen molar-refractivity contribution in [2.75, 3.05) is 13.1 Å². The topological polar surface area (TPSA) is 93.5 Å². The number of halogens is 1. The third kappa shape index (κ3) is 5.91. The average Bonchev–Trinajstić information content (AvgIpc) is 2.69. The Morgan fingerprint density at radius 3 is 2.81 bits per heavy atom. The SMILES string of the molecule is I.NC(N)=NCCCNC(=O)c1cccs1. The predicted molar refractivity (Wildman–Crippen MR) is 77.4 cm³/mol. The maximum absolute atomic E-state index is 11.4. The molecule has 1 aromatic heterocycles. The quantitative estimate of drug-likeness (QED) is 0.315. The van der Waals surface area contributed by atoms with Crippen LogP contribution >= 0.6 is 35.3 Å². The summed E-state index contributed by atoms with van der Waals surface area (Å²) in [5.41, 5.74) is 10.3. The van der Waals surface area contributed by atoms with E-state index in [0.717, 1.165) is 11.3 Å². The highest BCUT2D eigenvalue weighted by atomic mass is 127. The third-order valence-electron chi connectivity index (χ3n) is 1.66. The van der Waals surface area contributed by atoms with Crippen molar-refractivity contribution in [2.24, 2.45) is 16.5 Å². The first-order chi connectivity index (χ1) is 7.20. The highest BCUT2D eigenvalue weighted by molar-refractivity contribution is 14.0. The van der Waals surface area contributed by atoms with Gasteiger partial charge in [-0.1, -0.05) is 6.07 Å². The van der Waals surface area contributed by atoms with E-state index >= 15 is 0 Å². The molecule has 0 unspecified atom stereocenters. The Balaban J connectivity index is 0.00000225. The van der Waals surface area contributed by atoms with Gasteiger partial charge in [0.1, 0.15) is 0 Å². The van der Waals surface area contributed by atoms with Crippen molar-refractivity contribution in [1.82, 2.24) is 5.32 Å². The second-order valence-corrected chi connectivity index (χ2v) is 3.84. The normalized spacial score (nSPS) is 9.00. The molecule has 5 N–H and O–H groups in total. The Kier molecular flexibility index (Phi) is 7.90. The lowest BCUT2D eigenvalue weighted by atomic mass is 10.4. The van der Waals surface area contributed by atoms with Crippen molar-refractivity contribution in [3.8, 4) is 0 Å². The van der Waals surface area contributed by atoms with E-state index in [2.05, 4.69) is 10.3 Å². The molecule has 0 saturated carbocycles. The lowest BCUT2D eigenvalue weighted by Crippen LogP contribution is -2.25. The highest BCUT2D eigenvalue weighted by Gasteiger charge is 2.03. The molecule has 0 atom stereocenters. The number of guanidine groups is 1. The van der Waals surface area contributed by atoms with E-state index in [4.69, 9.17) is 11.5 Å². The minimum Gasteiger partial charge on any atom is -0.370 e. The van der Waals surface area contributed by atoms with Gasteiger partial charge >= 0.3 is 0 Å². The molecule has 5 nitrogen and oxygen atoms in total. The van der Waals surface area contributed by atoms with Gasteiger partial charge in [0.2, 0.25) is 0 Å². The molecule has 7 heteroatoms. The van der Waals surface area contributed by atoms with E-state index in [9.17, 15) is 4.79 Å². The lowest BCUT2D eigenvalue weighted by molar-refractivity contribution is 0.0957. The monoisotopic (exact) mass is 354 g/mol. The number of thiophene rings is 1. The Labute approximate surface area is 115 Å².